The van der Waals surface area contributed by atoms with Gasteiger partial charge >= 0.3 is 0 Å². The van der Waals surface area contributed by atoms with Crippen molar-refractivity contribution in [3.05, 3.63) is 24.3 Å². The van der Waals surface area contributed by atoms with Crippen molar-refractivity contribution in [2.24, 2.45) is 0 Å². The first-order chi connectivity index (χ1) is 12.8. The maximum atomic E-state index is 12.6. The highest BCUT2D eigenvalue weighted by atomic mass is 32.2. The molecule has 27 heavy (non-hydrogen) atoms. The van der Waals surface area contributed by atoms with E-state index in [1.807, 2.05) is 0 Å². The van der Waals surface area contributed by atoms with E-state index < -0.39 is 10.0 Å². The van der Waals surface area contributed by atoms with E-state index in [0.29, 0.717) is 12.2 Å². The van der Waals surface area contributed by atoms with Gasteiger partial charge in [-0.15, -0.1) is 0 Å². The van der Waals surface area contributed by atoms with Crippen molar-refractivity contribution >= 4 is 27.5 Å². The van der Waals surface area contributed by atoms with E-state index in [-0.39, 0.29) is 23.3 Å². The Labute approximate surface area is 160 Å². The minimum atomic E-state index is -3.78. The van der Waals surface area contributed by atoms with Crippen molar-refractivity contribution in [1.82, 2.24) is 19.8 Å². The first kappa shape index (κ1) is 21.3. The fraction of sp³-hybridized carbons (Fsp3) is 0.529. The van der Waals surface area contributed by atoms with Crippen molar-refractivity contribution in [3.8, 4) is 0 Å². The lowest BCUT2D eigenvalue weighted by Crippen LogP contribution is -2.47. The molecule has 0 aromatic heterocycles. The highest BCUT2D eigenvalue weighted by Crippen LogP contribution is 2.17. The fourth-order valence-corrected chi connectivity index (χ4v) is 3.85. The van der Waals surface area contributed by atoms with Gasteiger partial charge in [0.1, 0.15) is 0 Å². The summed E-state index contributed by atoms with van der Waals surface area (Å²) < 4.78 is 26.1. The van der Waals surface area contributed by atoms with Crippen LogP contribution in [-0.4, -0.2) is 82.3 Å². The van der Waals surface area contributed by atoms with Gasteiger partial charge in [-0.1, -0.05) is 0 Å². The van der Waals surface area contributed by atoms with Crippen LogP contribution in [0.25, 0.3) is 0 Å². The molecule has 3 N–H and O–H groups in total. The Bertz CT molecular complexity index is 745. The normalized spacial score (nSPS) is 15.5. The Morgan fingerprint density at radius 1 is 1.19 bits per heavy atom. The third-order valence-corrected chi connectivity index (χ3v) is 6.03. The summed E-state index contributed by atoms with van der Waals surface area (Å²) in [4.78, 5) is 25.4. The van der Waals surface area contributed by atoms with E-state index in [4.69, 9.17) is 0 Å². The molecule has 0 atom stereocenters. The lowest BCUT2D eigenvalue weighted by molar-refractivity contribution is -0.121. The molecule has 1 aliphatic heterocycles. The minimum Gasteiger partial charge on any atom is -0.354 e. The molecule has 1 heterocycles. The predicted molar refractivity (Wildman–Crippen MR) is 103 cm³/mol. The molecule has 0 radical (unpaired) electrons. The third-order valence-electron chi connectivity index (χ3n) is 4.21. The Morgan fingerprint density at radius 3 is 2.41 bits per heavy atom. The summed E-state index contributed by atoms with van der Waals surface area (Å²) in [5.41, 5.74) is 0.509. The van der Waals surface area contributed by atoms with Crippen LogP contribution in [-0.2, 0) is 19.6 Å². The van der Waals surface area contributed by atoms with Gasteiger partial charge in [-0.05, 0) is 24.3 Å². The number of likely N-dealkylation sites (N-methyl/N-ethyl adjacent to an activating group) is 1. The SMILES string of the molecule is CC(=O)Nc1ccc(S(=O)(=O)N(C)CC(=O)NCCN2CCNCC2)cc1. The zero-order chi connectivity index (χ0) is 19.9. The summed E-state index contributed by atoms with van der Waals surface area (Å²) in [6.07, 6.45) is 0. The molecule has 1 saturated heterocycles. The van der Waals surface area contributed by atoms with E-state index in [2.05, 4.69) is 20.9 Å². The van der Waals surface area contributed by atoms with Crippen molar-refractivity contribution in [2.75, 3.05) is 58.2 Å². The number of sulfonamides is 1. The summed E-state index contributed by atoms with van der Waals surface area (Å²) in [7, 11) is -2.42. The van der Waals surface area contributed by atoms with Gasteiger partial charge in [0.2, 0.25) is 21.8 Å². The number of carbonyl (C=O) groups excluding carboxylic acids is 2. The summed E-state index contributed by atoms with van der Waals surface area (Å²) in [5, 5.41) is 8.60. The molecule has 0 unspecified atom stereocenters. The van der Waals surface area contributed by atoms with Crippen LogP contribution in [0.15, 0.2) is 29.2 Å². The summed E-state index contributed by atoms with van der Waals surface area (Å²) in [5.74, 6) is -0.578. The van der Waals surface area contributed by atoms with Crippen LogP contribution in [0.1, 0.15) is 6.92 Å². The second-order valence-corrected chi connectivity index (χ2v) is 8.45. The summed E-state index contributed by atoms with van der Waals surface area (Å²) in [6.45, 7) is 6.12. The number of nitrogens with zero attached hydrogens (tertiary/aromatic N) is 2. The molecule has 0 saturated carbocycles. The fourth-order valence-electron chi connectivity index (χ4n) is 2.72. The number of amides is 2. The van der Waals surface area contributed by atoms with Crippen LogP contribution in [0, 0.1) is 0 Å². The zero-order valence-electron chi connectivity index (χ0n) is 15.7. The van der Waals surface area contributed by atoms with Crippen LogP contribution in [0.2, 0.25) is 0 Å². The standard InChI is InChI=1S/C17H27N5O4S/c1-14(23)20-15-3-5-16(6-4-15)27(25,26)21(2)13-17(24)19-9-12-22-10-7-18-8-11-22/h3-6,18H,7-13H2,1-2H3,(H,19,24)(H,20,23). The molecule has 1 aromatic rings. The number of anilines is 1. The number of benzene rings is 1. The molecular weight excluding hydrogens is 370 g/mol. The molecule has 0 aliphatic carbocycles. The third kappa shape index (κ3) is 6.58. The molecule has 1 fully saturated rings. The molecule has 150 valence electrons. The number of carbonyl (C=O) groups is 2. The number of nitrogens with one attached hydrogen (secondary N) is 3. The Kier molecular flexibility index (Phi) is 7.72. The highest BCUT2D eigenvalue weighted by molar-refractivity contribution is 7.89. The average molecular weight is 398 g/mol. The molecule has 9 nitrogen and oxygen atoms in total. The van der Waals surface area contributed by atoms with Crippen LogP contribution in [0.4, 0.5) is 5.69 Å². The number of hydrogen-bond acceptors (Lipinski definition) is 6. The maximum absolute atomic E-state index is 12.6. The minimum absolute atomic E-state index is 0.0627. The monoisotopic (exact) mass is 397 g/mol. The quantitative estimate of drug-likeness (QED) is 0.534. The van der Waals surface area contributed by atoms with E-state index in [1.54, 1.807) is 0 Å². The van der Waals surface area contributed by atoms with E-state index in [9.17, 15) is 18.0 Å². The van der Waals surface area contributed by atoms with Gasteiger partial charge in [0.15, 0.2) is 0 Å². The number of piperazine rings is 1. The Hall–Kier alpha value is -2.01. The first-order valence-electron chi connectivity index (χ1n) is 8.83. The molecule has 1 aromatic carbocycles. The molecule has 2 amide bonds. The van der Waals surface area contributed by atoms with Crippen LogP contribution >= 0.6 is 0 Å². The second kappa shape index (κ2) is 9.79. The van der Waals surface area contributed by atoms with Gasteiger partial charge in [0.05, 0.1) is 11.4 Å². The van der Waals surface area contributed by atoms with Gasteiger partial charge in [0.25, 0.3) is 0 Å². The summed E-state index contributed by atoms with van der Waals surface area (Å²) in [6, 6.07) is 5.82. The van der Waals surface area contributed by atoms with E-state index in [0.717, 1.165) is 37.0 Å². The molecule has 10 heteroatoms. The van der Waals surface area contributed by atoms with Crippen molar-refractivity contribution in [1.29, 1.82) is 0 Å². The lowest BCUT2D eigenvalue weighted by Gasteiger charge is -2.27. The van der Waals surface area contributed by atoms with Crippen LogP contribution < -0.4 is 16.0 Å². The Morgan fingerprint density at radius 2 is 1.81 bits per heavy atom. The largest absolute Gasteiger partial charge is 0.354 e. The number of hydrogen-bond donors (Lipinski definition) is 3. The number of rotatable bonds is 8. The van der Waals surface area contributed by atoms with Crippen molar-refractivity contribution in [2.45, 2.75) is 11.8 Å². The van der Waals surface area contributed by atoms with Gasteiger partial charge in [-0.2, -0.15) is 4.31 Å². The maximum Gasteiger partial charge on any atom is 0.243 e. The molecular formula is C17H27N5O4S. The van der Waals surface area contributed by atoms with E-state index >= 15 is 0 Å². The van der Waals surface area contributed by atoms with Gasteiger partial charge in [0, 0.05) is 58.9 Å². The highest BCUT2D eigenvalue weighted by Gasteiger charge is 2.23. The van der Waals surface area contributed by atoms with Crippen molar-refractivity contribution in [3.63, 3.8) is 0 Å². The van der Waals surface area contributed by atoms with Crippen molar-refractivity contribution < 1.29 is 18.0 Å². The van der Waals surface area contributed by atoms with Crippen LogP contribution in [0.3, 0.4) is 0 Å². The van der Waals surface area contributed by atoms with Gasteiger partial charge in [-0.25, -0.2) is 8.42 Å². The molecule has 0 spiro atoms. The average Bonchev–Trinajstić information content (AvgIpc) is 2.62. The van der Waals surface area contributed by atoms with Crippen LogP contribution in [0.5, 0.6) is 0 Å². The second-order valence-electron chi connectivity index (χ2n) is 6.41. The predicted octanol–water partition coefficient (Wildman–Crippen LogP) is -0.713. The topological polar surface area (TPSA) is 111 Å². The van der Waals surface area contributed by atoms with Gasteiger partial charge < -0.3 is 16.0 Å². The van der Waals surface area contributed by atoms with E-state index in [1.165, 1.54) is 38.2 Å². The first-order valence-corrected chi connectivity index (χ1v) is 10.3. The smallest absolute Gasteiger partial charge is 0.243 e. The lowest BCUT2D eigenvalue weighted by atomic mass is 10.3. The molecule has 0 bridgehead atoms. The zero-order valence-corrected chi connectivity index (χ0v) is 16.5. The van der Waals surface area contributed by atoms with Gasteiger partial charge in [-0.3, -0.25) is 14.5 Å². The molecule has 1 aliphatic rings. The summed E-state index contributed by atoms with van der Waals surface area (Å²) >= 11 is 0. The molecule has 2 rings (SSSR count). The Balaban J connectivity index is 1.84.